The Kier molecular flexibility index (Phi) is 6.22. The van der Waals surface area contributed by atoms with Gasteiger partial charge in [-0.3, -0.25) is 4.79 Å². The summed E-state index contributed by atoms with van der Waals surface area (Å²) in [5.74, 6) is -1.000. The van der Waals surface area contributed by atoms with Gasteiger partial charge in [0.05, 0.1) is 6.42 Å². The number of nitrogens with one attached hydrogen (secondary N) is 1. The maximum Gasteiger partial charge on any atom is 0.326 e. The maximum absolute atomic E-state index is 11.9. The largest absolute Gasteiger partial charge is 0.480 e. The van der Waals surface area contributed by atoms with E-state index in [1.165, 1.54) is 5.56 Å². The quantitative estimate of drug-likeness (QED) is 0.804. The number of carbonyl (C=O) groups excluding carboxylic acids is 1. The fourth-order valence-electron chi connectivity index (χ4n) is 2.08. The summed E-state index contributed by atoms with van der Waals surface area (Å²) in [6.07, 6.45) is 1.58. The van der Waals surface area contributed by atoms with Gasteiger partial charge < -0.3 is 10.4 Å². The van der Waals surface area contributed by atoms with E-state index < -0.39 is 12.0 Å². The third-order valence-corrected chi connectivity index (χ3v) is 3.10. The molecule has 1 aromatic carbocycles. The van der Waals surface area contributed by atoms with Gasteiger partial charge in [0.1, 0.15) is 6.04 Å². The minimum absolute atomic E-state index is 0.218. The zero-order valence-electron chi connectivity index (χ0n) is 12.3. The summed E-state index contributed by atoms with van der Waals surface area (Å²) < 4.78 is 0. The monoisotopic (exact) mass is 277 g/mol. The standard InChI is InChI=1S/C16H23NO3/c1-4-12-6-5-7-13(9-12)10-15(18)17-14(16(19)20)8-11(2)3/h5-7,9,11,14H,4,8,10H2,1-3H3,(H,17,18)(H,19,20). The van der Waals surface area contributed by atoms with Gasteiger partial charge in [-0.15, -0.1) is 0 Å². The van der Waals surface area contributed by atoms with E-state index in [9.17, 15) is 9.59 Å². The topological polar surface area (TPSA) is 66.4 Å². The van der Waals surface area contributed by atoms with E-state index >= 15 is 0 Å². The van der Waals surface area contributed by atoms with Crippen molar-refractivity contribution in [2.75, 3.05) is 0 Å². The number of carboxylic acid groups (broad SMARTS) is 1. The molecule has 1 amide bonds. The Labute approximate surface area is 120 Å². The van der Waals surface area contributed by atoms with E-state index in [1.54, 1.807) is 0 Å². The van der Waals surface area contributed by atoms with Gasteiger partial charge in [-0.25, -0.2) is 4.79 Å². The number of benzene rings is 1. The van der Waals surface area contributed by atoms with Crippen molar-refractivity contribution >= 4 is 11.9 Å². The number of aliphatic carboxylic acids is 1. The van der Waals surface area contributed by atoms with Crippen LogP contribution in [0.5, 0.6) is 0 Å². The van der Waals surface area contributed by atoms with E-state index in [4.69, 9.17) is 5.11 Å². The molecule has 0 fully saturated rings. The predicted octanol–water partition coefficient (Wildman–Crippen LogP) is 2.41. The zero-order chi connectivity index (χ0) is 15.1. The number of amides is 1. The van der Waals surface area contributed by atoms with Crippen molar-refractivity contribution in [1.82, 2.24) is 5.32 Å². The Bertz CT molecular complexity index is 469. The van der Waals surface area contributed by atoms with Gasteiger partial charge in [0.2, 0.25) is 5.91 Å². The van der Waals surface area contributed by atoms with Crippen LogP contribution in [0, 0.1) is 5.92 Å². The number of hydrogen-bond donors (Lipinski definition) is 2. The molecule has 0 radical (unpaired) electrons. The molecular weight excluding hydrogens is 254 g/mol. The van der Waals surface area contributed by atoms with Crippen LogP contribution in [0.15, 0.2) is 24.3 Å². The molecule has 0 aliphatic carbocycles. The van der Waals surface area contributed by atoms with E-state index in [2.05, 4.69) is 12.2 Å². The minimum atomic E-state index is -0.977. The second-order valence-electron chi connectivity index (χ2n) is 5.44. The van der Waals surface area contributed by atoms with Gasteiger partial charge in [-0.1, -0.05) is 45.0 Å². The lowest BCUT2D eigenvalue weighted by atomic mass is 10.0. The van der Waals surface area contributed by atoms with Crippen LogP contribution in [0.2, 0.25) is 0 Å². The molecule has 0 heterocycles. The molecule has 1 rings (SSSR count). The zero-order valence-corrected chi connectivity index (χ0v) is 12.3. The Morgan fingerprint density at radius 3 is 2.45 bits per heavy atom. The molecule has 0 saturated heterocycles. The van der Waals surface area contributed by atoms with Crippen molar-refractivity contribution in [3.8, 4) is 0 Å². The first-order valence-corrected chi connectivity index (χ1v) is 7.02. The molecule has 20 heavy (non-hydrogen) atoms. The lowest BCUT2D eigenvalue weighted by molar-refractivity contribution is -0.142. The molecule has 4 nitrogen and oxygen atoms in total. The molecule has 0 saturated carbocycles. The predicted molar refractivity (Wildman–Crippen MR) is 78.5 cm³/mol. The number of carbonyl (C=O) groups is 2. The highest BCUT2D eigenvalue weighted by atomic mass is 16.4. The lowest BCUT2D eigenvalue weighted by Gasteiger charge is -2.16. The lowest BCUT2D eigenvalue weighted by Crippen LogP contribution is -2.42. The molecule has 0 aromatic heterocycles. The number of aryl methyl sites for hydroxylation is 1. The summed E-state index contributed by atoms with van der Waals surface area (Å²) in [6.45, 7) is 5.93. The van der Waals surface area contributed by atoms with Gasteiger partial charge in [0, 0.05) is 0 Å². The molecule has 2 N–H and O–H groups in total. The molecular formula is C16H23NO3. The minimum Gasteiger partial charge on any atom is -0.480 e. The first-order chi connectivity index (χ1) is 9.42. The second kappa shape index (κ2) is 7.68. The van der Waals surface area contributed by atoms with Crippen molar-refractivity contribution in [3.05, 3.63) is 35.4 Å². The SMILES string of the molecule is CCc1cccc(CC(=O)NC(CC(C)C)C(=O)O)c1. The molecule has 0 aliphatic heterocycles. The second-order valence-corrected chi connectivity index (χ2v) is 5.44. The Morgan fingerprint density at radius 2 is 1.90 bits per heavy atom. The smallest absolute Gasteiger partial charge is 0.326 e. The van der Waals surface area contributed by atoms with E-state index in [1.807, 2.05) is 38.1 Å². The van der Waals surface area contributed by atoms with Gasteiger partial charge in [-0.05, 0) is 29.9 Å². The van der Waals surface area contributed by atoms with Crippen molar-refractivity contribution in [2.45, 2.75) is 46.1 Å². The number of hydrogen-bond acceptors (Lipinski definition) is 2. The van der Waals surface area contributed by atoms with Crippen LogP contribution in [0.4, 0.5) is 0 Å². The first kappa shape index (κ1) is 16.2. The van der Waals surface area contributed by atoms with Crippen molar-refractivity contribution in [3.63, 3.8) is 0 Å². The Hall–Kier alpha value is -1.84. The van der Waals surface area contributed by atoms with E-state index in [-0.39, 0.29) is 18.2 Å². The maximum atomic E-state index is 11.9. The van der Waals surface area contributed by atoms with Crippen molar-refractivity contribution < 1.29 is 14.7 Å². The third kappa shape index (κ3) is 5.43. The summed E-state index contributed by atoms with van der Waals surface area (Å²) in [7, 11) is 0. The molecule has 4 heteroatoms. The normalized spacial score (nSPS) is 12.2. The fraction of sp³-hybridized carbons (Fsp3) is 0.500. The first-order valence-electron chi connectivity index (χ1n) is 7.02. The molecule has 0 aliphatic rings. The van der Waals surface area contributed by atoms with E-state index in [0.717, 1.165) is 12.0 Å². The number of carboxylic acids is 1. The van der Waals surface area contributed by atoms with Crippen molar-refractivity contribution in [2.24, 2.45) is 5.92 Å². The molecule has 1 unspecified atom stereocenters. The third-order valence-electron chi connectivity index (χ3n) is 3.10. The Balaban J connectivity index is 2.63. The molecule has 110 valence electrons. The highest BCUT2D eigenvalue weighted by Gasteiger charge is 2.20. The highest BCUT2D eigenvalue weighted by Crippen LogP contribution is 2.08. The molecule has 0 bridgehead atoms. The van der Waals surface area contributed by atoms with E-state index in [0.29, 0.717) is 6.42 Å². The van der Waals surface area contributed by atoms with Gasteiger partial charge in [-0.2, -0.15) is 0 Å². The van der Waals surface area contributed by atoms with Crippen LogP contribution in [0.25, 0.3) is 0 Å². The highest BCUT2D eigenvalue weighted by molar-refractivity contribution is 5.84. The molecule has 1 atom stereocenters. The van der Waals surface area contributed by atoms with Crippen LogP contribution in [-0.4, -0.2) is 23.0 Å². The number of rotatable bonds is 7. The van der Waals surface area contributed by atoms with Crippen LogP contribution < -0.4 is 5.32 Å². The Morgan fingerprint density at radius 1 is 1.25 bits per heavy atom. The summed E-state index contributed by atoms with van der Waals surface area (Å²) in [5, 5.41) is 11.7. The summed E-state index contributed by atoms with van der Waals surface area (Å²) in [5.41, 5.74) is 2.09. The van der Waals surface area contributed by atoms with Gasteiger partial charge in [0.15, 0.2) is 0 Å². The van der Waals surface area contributed by atoms with Crippen LogP contribution in [-0.2, 0) is 22.4 Å². The molecule has 0 spiro atoms. The van der Waals surface area contributed by atoms with Crippen LogP contribution in [0.1, 0.15) is 38.3 Å². The average Bonchev–Trinajstić information content (AvgIpc) is 2.37. The van der Waals surface area contributed by atoms with Crippen LogP contribution in [0.3, 0.4) is 0 Å². The van der Waals surface area contributed by atoms with Crippen LogP contribution >= 0.6 is 0 Å². The summed E-state index contributed by atoms with van der Waals surface area (Å²) in [6, 6.07) is 7.00. The average molecular weight is 277 g/mol. The van der Waals surface area contributed by atoms with Gasteiger partial charge in [0.25, 0.3) is 0 Å². The molecule has 1 aromatic rings. The summed E-state index contributed by atoms with van der Waals surface area (Å²) >= 11 is 0. The summed E-state index contributed by atoms with van der Waals surface area (Å²) in [4.78, 5) is 23.0. The van der Waals surface area contributed by atoms with Crippen molar-refractivity contribution in [1.29, 1.82) is 0 Å². The fourth-order valence-corrected chi connectivity index (χ4v) is 2.08. The van der Waals surface area contributed by atoms with Gasteiger partial charge >= 0.3 is 5.97 Å².